The van der Waals surface area contributed by atoms with Gasteiger partial charge in [0.2, 0.25) is 0 Å². The molecule has 0 amide bonds. The van der Waals surface area contributed by atoms with Crippen molar-refractivity contribution in [1.82, 2.24) is 0 Å². The van der Waals surface area contributed by atoms with Crippen LogP contribution in [0.4, 0.5) is 0 Å². The molecule has 1 aromatic carbocycles. The molecule has 0 saturated carbocycles. The predicted octanol–water partition coefficient (Wildman–Crippen LogP) is 5.78. The van der Waals surface area contributed by atoms with Crippen molar-refractivity contribution in [1.29, 1.82) is 0 Å². The number of ether oxygens (including phenoxy) is 1. The van der Waals surface area contributed by atoms with E-state index in [1.165, 1.54) is 12.8 Å². The molecule has 2 atom stereocenters. The van der Waals surface area contributed by atoms with Crippen LogP contribution in [0.2, 0.25) is 0 Å². The number of hydrogen-bond donors (Lipinski definition) is 1. The highest BCUT2D eigenvalue weighted by Crippen LogP contribution is 2.39. The van der Waals surface area contributed by atoms with Crippen molar-refractivity contribution in [2.45, 2.75) is 57.0 Å². The van der Waals surface area contributed by atoms with Gasteiger partial charge in [-0.2, -0.15) is 0 Å². The van der Waals surface area contributed by atoms with Gasteiger partial charge in [-0.3, -0.25) is 9.59 Å². The molecular weight excluding hydrogens is 380 g/mol. The first-order valence-electron chi connectivity index (χ1n) is 9.72. The molecule has 0 radical (unpaired) electrons. The summed E-state index contributed by atoms with van der Waals surface area (Å²) < 4.78 is 5.59. The zero-order chi connectivity index (χ0) is 19.9. The molecule has 2 unspecified atom stereocenters. The molecule has 4 nitrogen and oxygen atoms in total. The number of carbonyl (C=O) groups is 2. The molecule has 1 rings (SSSR count). The number of esters is 1. The average molecular weight is 413 g/mol. The van der Waals surface area contributed by atoms with E-state index >= 15 is 0 Å². The van der Waals surface area contributed by atoms with Gasteiger partial charge in [-0.05, 0) is 17.9 Å². The molecule has 0 bridgehead atoms. The lowest BCUT2D eigenvalue weighted by atomic mass is 10.0. The first-order chi connectivity index (χ1) is 13.1. The summed E-state index contributed by atoms with van der Waals surface area (Å²) in [6, 6.07) is 10.0. The SMILES string of the molecule is CCCCC(CC)COC(=O)CCSC(SCCC(=O)O)c1ccccc1. The van der Waals surface area contributed by atoms with Crippen LogP contribution >= 0.6 is 23.5 Å². The van der Waals surface area contributed by atoms with Gasteiger partial charge >= 0.3 is 11.9 Å². The van der Waals surface area contributed by atoms with E-state index in [-0.39, 0.29) is 17.0 Å². The van der Waals surface area contributed by atoms with E-state index in [0.29, 0.717) is 30.5 Å². The van der Waals surface area contributed by atoms with Gasteiger partial charge in [0.15, 0.2) is 0 Å². The summed E-state index contributed by atoms with van der Waals surface area (Å²) in [5.74, 6) is 0.771. The molecule has 0 saturated heterocycles. The highest BCUT2D eigenvalue weighted by Gasteiger charge is 2.15. The zero-order valence-corrected chi connectivity index (χ0v) is 18.0. The first-order valence-corrected chi connectivity index (χ1v) is 11.8. The van der Waals surface area contributed by atoms with Crippen LogP contribution in [0, 0.1) is 5.92 Å². The topological polar surface area (TPSA) is 63.6 Å². The summed E-state index contributed by atoms with van der Waals surface area (Å²) in [5, 5.41) is 8.84. The molecule has 6 heteroatoms. The minimum Gasteiger partial charge on any atom is -0.481 e. The molecule has 0 aliphatic rings. The van der Waals surface area contributed by atoms with Crippen molar-refractivity contribution in [2.24, 2.45) is 5.92 Å². The maximum Gasteiger partial charge on any atom is 0.306 e. The van der Waals surface area contributed by atoms with E-state index in [1.54, 1.807) is 23.5 Å². The highest BCUT2D eigenvalue weighted by atomic mass is 32.2. The fourth-order valence-corrected chi connectivity index (χ4v) is 5.20. The van der Waals surface area contributed by atoms with Gasteiger partial charge in [-0.1, -0.05) is 63.4 Å². The van der Waals surface area contributed by atoms with Crippen LogP contribution in [0.1, 0.15) is 62.5 Å². The standard InChI is InChI=1S/C21H32O4S2/c1-3-5-9-17(4-2)16-25-20(24)13-15-27-21(26-14-12-19(22)23)18-10-7-6-8-11-18/h6-8,10-11,17,21H,3-5,9,12-16H2,1-2H3,(H,22,23). The van der Waals surface area contributed by atoms with E-state index < -0.39 is 5.97 Å². The number of thioether (sulfide) groups is 2. The molecule has 0 aromatic heterocycles. The lowest BCUT2D eigenvalue weighted by Crippen LogP contribution is -2.14. The second-order valence-electron chi connectivity index (χ2n) is 6.48. The van der Waals surface area contributed by atoms with Crippen molar-refractivity contribution in [3.8, 4) is 0 Å². The lowest BCUT2D eigenvalue weighted by molar-refractivity contribution is -0.144. The van der Waals surface area contributed by atoms with Crippen LogP contribution in [-0.4, -0.2) is 35.2 Å². The summed E-state index contributed by atoms with van der Waals surface area (Å²) in [4.78, 5) is 22.8. The van der Waals surface area contributed by atoms with Gasteiger partial charge < -0.3 is 9.84 Å². The summed E-state index contributed by atoms with van der Waals surface area (Å²) >= 11 is 3.29. The molecule has 0 fully saturated rings. The summed E-state index contributed by atoms with van der Waals surface area (Å²) in [6.07, 6.45) is 5.04. The third kappa shape index (κ3) is 11.3. The van der Waals surface area contributed by atoms with Gasteiger partial charge in [0.05, 0.1) is 24.0 Å². The predicted molar refractivity (Wildman–Crippen MR) is 115 cm³/mol. The average Bonchev–Trinajstić information content (AvgIpc) is 2.67. The maximum atomic E-state index is 12.0. The Balaban J connectivity index is 2.39. The summed E-state index contributed by atoms with van der Waals surface area (Å²) in [7, 11) is 0. The van der Waals surface area contributed by atoms with E-state index in [2.05, 4.69) is 13.8 Å². The molecule has 1 N–H and O–H groups in total. The molecule has 27 heavy (non-hydrogen) atoms. The van der Waals surface area contributed by atoms with Crippen molar-refractivity contribution < 1.29 is 19.4 Å². The van der Waals surface area contributed by atoms with Gasteiger partial charge in [0, 0.05) is 11.5 Å². The number of benzene rings is 1. The smallest absolute Gasteiger partial charge is 0.306 e. The minimum absolute atomic E-state index is 0.131. The van der Waals surface area contributed by atoms with Crippen LogP contribution in [0.5, 0.6) is 0 Å². The van der Waals surface area contributed by atoms with Gasteiger partial charge in [0.1, 0.15) is 0 Å². The molecule has 152 valence electrons. The molecular formula is C21H32O4S2. The van der Waals surface area contributed by atoms with Gasteiger partial charge in [-0.25, -0.2) is 0 Å². The second-order valence-corrected chi connectivity index (χ2v) is 9.20. The number of carboxylic acid groups (broad SMARTS) is 1. The highest BCUT2D eigenvalue weighted by molar-refractivity contribution is 8.16. The Hall–Kier alpha value is -1.14. The van der Waals surface area contributed by atoms with E-state index in [4.69, 9.17) is 9.84 Å². The number of aliphatic carboxylic acids is 1. The number of unbranched alkanes of at least 4 members (excludes halogenated alkanes) is 1. The maximum absolute atomic E-state index is 12.0. The largest absolute Gasteiger partial charge is 0.481 e. The monoisotopic (exact) mass is 412 g/mol. The molecule has 0 heterocycles. The first kappa shape index (κ1) is 23.9. The third-order valence-corrected chi connectivity index (χ3v) is 7.10. The number of rotatable bonds is 15. The van der Waals surface area contributed by atoms with Crippen molar-refractivity contribution in [3.63, 3.8) is 0 Å². The van der Waals surface area contributed by atoms with Crippen LogP contribution in [-0.2, 0) is 14.3 Å². The Bertz CT molecular complexity index is 536. The van der Waals surface area contributed by atoms with E-state index in [9.17, 15) is 9.59 Å². The Labute approximate surface area is 171 Å². The number of carboxylic acids is 1. The number of hydrogen-bond acceptors (Lipinski definition) is 5. The molecule has 0 aliphatic carbocycles. The Morgan fingerprint density at radius 2 is 1.74 bits per heavy atom. The fraction of sp³-hybridized carbons (Fsp3) is 0.619. The zero-order valence-electron chi connectivity index (χ0n) is 16.4. The van der Waals surface area contributed by atoms with E-state index in [0.717, 1.165) is 18.4 Å². The molecule has 0 aliphatic heterocycles. The molecule has 1 aromatic rings. The van der Waals surface area contributed by atoms with Crippen molar-refractivity contribution in [2.75, 3.05) is 18.1 Å². The Morgan fingerprint density at radius 3 is 2.33 bits per heavy atom. The van der Waals surface area contributed by atoms with Crippen LogP contribution in [0.15, 0.2) is 30.3 Å². The lowest BCUT2D eigenvalue weighted by Gasteiger charge is -2.17. The number of carbonyl (C=O) groups excluding carboxylic acids is 1. The Morgan fingerprint density at radius 1 is 1.07 bits per heavy atom. The summed E-state index contributed by atoms with van der Waals surface area (Å²) in [6.45, 7) is 4.84. The van der Waals surface area contributed by atoms with Crippen LogP contribution in [0.3, 0.4) is 0 Å². The van der Waals surface area contributed by atoms with Crippen LogP contribution < -0.4 is 0 Å². The fourth-order valence-electron chi connectivity index (χ4n) is 2.53. The Kier molecular flexibility index (Phi) is 13.2. The summed E-state index contributed by atoms with van der Waals surface area (Å²) in [5.41, 5.74) is 1.15. The van der Waals surface area contributed by atoms with Gasteiger partial charge in [-0.15, -0.1) is 23.5 Å². The normalized spacial score (nSPS) is 13.1. The van der Waals surface area contributed by atoms with E-state index in [1.807, 2.05) is 30.3 Å². The second kappa shape index (κ2) is 14.9. The van der Waals surface area contributed by atoms with Crippen LogP contribution in [0.25, 0.3) is 0 Å². The van der Waals surface area contributed by atoms with Gasteiger partial charge in [0.25, 0.3) is 0 Å². The van der Waals surface area contributed by atoms with Crippen molar-refractivity contribution in [3.05, 3.63) is 35.9 Å². The third-order valence-electron chi connectivity index (χ3n) is 4.26. The minimum atomic E-state index is -0.781. The quantitative estimate of drug-likeness (QED) is 0.291. The molecule has 0 spiro atoms. The van der Waals surface area contributed by atoms with Crippen molar-refractivity contribution >= 4 is 35.5 Å².